The molecule has 0 aliphatic heterocycles. The molecule has 0 saturated carbocycles. The van der Waals surface area contributed by atoms with Gasteiger partial charge in [-0.1, -0.05) is 26.0 Å². The molecule has 4 nitrogen and oxygen atoms in total. The lowest BCUT2D eigenvalue weighted by atomic mass is 10.1. The fourth-order valence-electron chi connectivity index (χ4n) is 2.12. The average Bonchev–Trinajstić information content (AvgIpc) is 2.49. The first-order valence-corrected chi connectivity index (χ1v) is 7.32. The van der Waals surface area contributed by atoms with Crippen LogP contribution in [0.5, 0.6) is 0 Å². The summed E-state index contributed by atoms with van der Waals surface area (Å²) in [7, 11) is 1.65. The number of carbonyl (C=O) groups is 1. The van der Waals surface area contributed by atoms with Crippen molar-refractivity contribution in [2.24, 2.45) is 5.92 Å². The Bertz CT molecular complexity index is 475. The van der Waals surface area contributed by atoms with Gasteiger partial charge in [-0.2, -0.15) is 5.26 Å². The predicted molar refractivity (Wildman–Crippen MR) is 82.8 cm³/mol. The Kier molecular flexibility index (Phi) is 7.49. The molecule has 1 rings (SSSR count). The van der Waals surface area contributed by atoms with Crippen LogP contribution in [-0.2, 0) is 16.0 Å². The second kappa shape index (κ2) is 9.15. The summed E-state index contributed by atoms with van der Waals surface area (Å²) < 4.78 is 5.07. The highest BCUT2D eigenvalue weighted by Crippen LogP contribution is 2.08. The van der Waals surface area contributed by atoms with Crippen LogP contribution < -0.4 is 0 Å². The third-order valence-electron chi connectivity index (χ3n) is 3.21. The number of hydrogen-bond acceptors (Lipinski definition) is 3. The van der Waals surface area contributed by atoms with Crippen molar-refractivity contribution in [3.05, 3.63) is 35.4 Å². The monoisotopic (exact) mass is 288 g/mol. The molecule has 0 atom stereocenters. The second-order valence-corrected chi connectivity index (χ2v) is 5.54. The molecule has 0 unspecified atom stereocenters. The van der Waals surface area contributed by atoms with E-state index in [9.17, 15) is 4.79 Å². The molecule has 4 heteroatoms. The number of carbonyl (C=O) groups excluding carboxylic acids is 1. The molecule has 0 aromatic heterocycles. The van der Waals surface area contributed by atoms with E-state index in [1.54, 1.807) is 19.2 Å². The van der Waals surface area contributed by atoms with E-state index in [1.807, 2.05) is 17.0 Å². The van der Waals surface area contributed by atoms with Gasteiger partial charge < -0.3 is 9.64 Å². The molecular weight excluding hydrogens is 264 g/mol. The summed E-state index contributed by atoms with van der Waals surface area (Å²) in [5.74, 6) is 0.603. The van der Waals surface area contributed by atoms with Crippen molar-refractivity contribution in [2.45, 2.75) is 26.7 Å². The van der Waals surface area contributed by atoms with Crippen molar-refractivity contribution in [3.8, 4) is 6.07 Å². The lowest BCUT2D eigenvalue weighted by molar-refractivity contribution is -0.132. The van der Waals surface area contributed by atoms with Gasteiger partial charge in [0.25, 0.3) is 0 Å². The zero-order chi connectivity index (χ0) is 15.7. The first-order chi connectivity index (χ1) is 10.1. The van der Waals surface area contributed by atoms with Crippen LogP contribution in [-0.4, -0.2) is 37.6 Å². The van der Waals surface area contributed by atoms with Crippen LogP contribution in [0, 0.1) is 17.2 Å². The minimum atomic E-state index is 0.158. The van der Waals surface area contributed by atoms with Crippen LogP contribution in [0.1, 0.15) is 31.4 Å². The van der Waals surface area contributed by atoms with E-state index in [0.29, 0.717) is 37.5 Å². The molecule has 21 heavy (non-hydrogen) atoms. The average molecular weight is 288 g/mol. The van der Waals surface area contributed by atoms with E-state index in [2.05, 4.69) is 19.9 Å². The molecule has 1 aromatic carbocycles. The standard InChI is InChI=1S/C17H24N2O2/c1-14(2)13-19(10-11-21-3)17(20)9-8-15-4-6-16(12-18)7-5-15/h4-7,14H,8-11,13H2,1-3H3. The molecule has 114 valence electrons. The maximum absolute atomic E-state index is 12.3. The van der Waals surface area contributed by atoms with Crippen LogP contribution in [0.3, 0.4) is 0 Å². The molecule has 0 saturated heterocycles. The maximum Gasteiger partial charge on any atom is 0.222 e. The minimum absolute atomic E-state index is 0.158. The van der Waals surface area contributed by atoms with Crippen molar-refractivity contribution in [2.75, 3.05) is 26.8 Å². The zero-order valence-electron chi connectivity index (χ0n) is 13.1. The van der Waals surface area contributed by atoms with Crippen LogP contribution >= 0.6 is 0 Å². The molecule has 0 N–H and O–H groups in total. The van der Waals surface area contributed by atoms with Gasteiger partial charge in [0.1, 0.15) is 0 Å². The van der Waals surface area contributed by atoms with Gasteiger partial charge in [0.2, 0.25) is 5.91 Å². The van der Waals surface area contributed by atoms with Crippen molar-refractivity contribution in [3.63, 3.8) is 0 Å². The summed E-state index contributed by atoms with van der Waals surface area (Å²) >= 11 is 0. The summed E-state index contributed by atoms with van der Waals surface area (Å²) in [6.45, 7) is 6.17. The Balaban J connectivity index is 2.53. The molecule has 0 aliphatic rings. The van der Waals surface area contributed by atoms with Crippen molar-refractivity contribution in [1.29, 1.82) is 5.26 Å². The minimum Gasteiger partial charge on any atom is -0.383 e. The molecule has 1 aromatic rings. The van der Waals surface area contributed by atoms with Gasteiger partial charge in [0.15, 0.2) is 0 Å². The summed E-state index contributed by atoms with van der Waals surface area (Å²) in [5, 5.41) is 8.76. The highest BCUT2D eigenvalue weighted by molar-refractivity contribution is 5.76. The Hall–Kier alpha value is -1.86. The van der Waals surface area contributed by atoms with E-state index >= 15 is 0 Å². The lowest BCUT2D eigenvalue weighted by Gasteiger charge is -2.24. The number of nitrogens with zero attached hydrogens (tertiary/aromatic N) is 2. The highest BCUT2D eigenvalue weighted by atomic mass is 16.5. The van der Waals surface area contributed by atoms with Gasteiger partial charge in [-0.3, -0.25) is 4.79 Å². The van der Waals surface area contributed by atoms with Crippen molar-refractivity contribution < 1.29 is 9.53 Å². The van der Waals surface area contributed by atoms with Crippen molar-refractivity contribution in [1.82, 2.24) is 4.90 Å². The first kappa shape index (κ1) is 17.2. The quantitative estimate of drug-likeness (QED) is 0.739. The summed E-state index contributed by atoms with van der Waals surface area (Å²) in [6.07, 6.45) is 1.19. The molecule has 0 heterocycles. The van der Waals surface area contributed by atoms with E-state index in [-0.39, 0.29) is 5.91 Å². The normalized spacial score (nSPS) is 10.4. The van der Waals surface area contributed by atoms with Gasteiger partial charge in [0, 0.05) is 26.6 Å². The van der Waals surface area contributed by atoms with Crippen LogP contribution in [0.15, 0.2) is 24.3 Å². The molecule has 0 aliphatic carbocycles. The molecule has 0 fully saturated rings. The van der Waals surface area contributed by atoms with Crippen molar-refractivity contribution >= 4 is 5.91 Å². The van der Waals surface area contributed by atoms with E-state index < -0.39 is 0 Å². The van der Waals surface area contributed by atoms with Gasteiger partial charge in [-0.25, -0.2) is 0 Å². The van der Waals surface area contributed by atoms with Crippen LogP contribution in [0.4, 0.5) is 0 Å². The Morgan fingerprint density at radius 3 is 2.52 bits per heavy atom. The smallest absolute Gasteiger partial charge is 0.222 e. The number of hydrogen-bond donors (Lipinski definition) is 0. The third-order valence-corrected chi connectivity index (χ3v) is 3.21. The van der Waals surface area contributed by atoms with Crippen LogP contribution in [0.25, 0.3) is 0 Å². The summed E-state index contributed by atoms with van der Waals surface area (Å²) in [6, 6.07) is 9.49. The van der Waals surface area contributed by atoms with Gasteiger partial charge >= 0.3 is 0 Å². The number of benzene rings is 1. The number of rotatable bonds is 8. The Morgan fingerprint density at radius 1 is 1.33 bits per heavy atom. The van der Waals surface area contributed by atoms with Gasteiger partial charge in [0.05, 0.1) is 18.2 Å². The highest BCUT2D eigenvalue weighted by Gasteiger charge is 2.14. The number of amides is 1. The number of aryl methyl sites for hydroxylation is 1. The summed E-state index contributed by atoms with van der Waals surface area (Å²) in [4.78, 5) is 14.2. The second-order valence-electron chi connectivity index (χ2n) is 5.54. The van der Waals surface area contributed by atoms with Gasteiger partial charge in [-0.15, -0.1) is 0 Å². The molecule has 0 spiro atoms. The van der Waals surface area contributed by atoms with Gasteiger partial charge in [-0.05, 0) is 30.0 Å². The third kappa shape index (κ3) is 6.42. The number of methoxy groups -OCH3 is 1. The SMILES string of the molecule is COCCN(CC(C)C)C(=O)CCc1ccc(C#N)cc1. The topological polar surface area (TPSA) is 53.3 Å². The maximum atomic E-state index is 12.3. The summed E-state index contributed by atoms with van der Waals surface area (Å²) in [5.41, 5.74) is 1.73. The number of nitriles is 1. The fourth-order valence-corrected chi connectivity index (χ4v) is 2.12. The Labute approximate surface area is 127 Å². The largest absolute Gasteiger partial charge is 0.383 e. The lowest BCUT2D eigenvalue weighted by Crippen LogP contribution is -2.36. The first-order valence-electron chi connectivity index (χ1n) is 7.32. The molecule has 0 bridgehead atoms. The zero-order valence-corrected chi connectivity index (χ0v) is 13.1. The van der Waals surface area contributed by atoms with E-state index in [0.717, 1.165) is 12.1 Å². The molecular formula is C17H24N2O2. The predicted octanol–water partition coefficient (Wildman–Crippen LogP) is 2.62. The van der Waals surface area contributed by atoms with E-state index in [4.69, 9.17) is 10.00 Å². The fraction of sp³-hybridized carbons (Fsp3) is 0.529. The van der Waals surface area contributed by atoms with Crippen LogP contribution in [0.2, 0.25) is 0 Å². The Morgan fingerprint density at radius 2 is 2.00 bits per heavy atom. The molecule has 1 amide bonds. The van der Waals surface area contributed by atoms with E-state index in [1.165, 1.54) is 0 Å². The number of ether oxygens (including phenoxy) is 1. The molecule has 0 radical (unpaired) electrons.